The second-order valence-electron chi connectivity index (χ2n) is 5.81. The number of carbonyl (C=O) groups is 1. The summed E-state index contributed by atoms with van der Waals surface area (Å²) in [5, 5.41) is 14.2. The molecular weight excluding hydrogens is 330 g/mol. The normalized spacial score (nSPS) is 10.3. The molecule has 0 unspecified atom stereocenters. The smallest absolute Gasteiger partial charge is 0.337 e. The fourth-order valence-electron chi connectivity index (χ4n) is 2.48. The molecule has 0 saturated carbocycles. The maximum atomic E-state index is 11.6. The van der Waals surface area contributed by atoms with Gasteiger partial charge in [-0.3, -0.25) is 0 Å². The molecule has 7 heteroatoms. The van der Waals surface area contributed by atoms with Gasteiger partial charge in [-0.1, -0.05) is 23.8 Å². The highest BCUT2D eigenvalue weighted by molar-refractivity contribution is 5.90. The van der Waals surface area contributed by atoms with Gasteiger partial charge in [0.05, 0.1) is 18.9 Å². The van der Waals surface area contributed by atoms with Crippen LogP contribution in [0.5, 0.6) is 0 Å². The third kappa shape index (κ3) is 4.13. The van der Waals surface area contributed by atoms with Gasteiger partial charge in [-0.05, 0) is 43.7 Å². The number of rotatable bonds is 5. The molecule has 132 valence electrons. The van der Waals surface area contributed by atoms with E-state index in [2.05, 4.69) is 31.9 Å². The monoisotopic (exact) mass is 349 g/mol. The molecule has 0 aliphatic carbocycles. The lowest BCUT2D eigenvalue weighted by atomic mass is 10.1. The Bertz CT molecular complexity index is 943. The molecule has 3 rings (SSSR count). The third-order valence-corrected chi connectivity index (χ3v) is 3.74. The number of aryl methyl sites for hydroxylation is 2. The van der Waals surface area contributed by atoms with E-state index in [1.165, 1.54) is 12.7 Å². The van der Waals surface area contributed by atoms with E-state index in [9.17, 15) is 4.79 Å². The number of esters is 1. The Balaban J connectivity index is 1.78. The fraction of sp³-hybridized carbons (Fsp3) is 0.158. The van der Waals surface area contributed by atoms with E-state index in [-0.39, 0.29) is 0 Å². The van der Waals surface area contributed by atoms with Gasteiger partial charge in [0.1, 0.15) is 0 Å². The molecule has 1 aromatic heterocycles. The van der Waals surface area contributed by atoms with Gasteiger partial charge < -0.3 is 15.4 Å². The molecular formula is C19H19N5O2. The van der Waals surface area contributed by atoms with Crippen LogP contribution in [0.25, 0.3) is 0 Å². The zero-order valence-electron chi connectivity index (χ0n) is 14.8. The number of ether oxygens (including phenoxy) is 1. The Morgan fingerprint density at radius 3 is 2.69 bits per heavy atom. The maximum absolute atomic E-state index is 11.6. The lowest BCUT2D eigenvalue weighted by Gasteiger charge is -2.10. The SMILES string of the molecule is COC(=O)c1cccc(Nc2nncc(Nc3ccc(C)cc3C)n2)c1. The molecule has 0 aliphatic heterocycles. The van der Waals surface area contributed by atoms with E-state index in [1.54, 1.807) is 30.5 Å². The van der Waals surface area contributed by atoms with E-state index in [4.69, 9.17) is 4.74 Å². The average Bonchev–Trinajstić information content (AvgIpc) is 2.64. The highest BCUT2D eigenvalue weighted by Crippen LogP contribution is 2.21. The summed E-state index contributed by atoms with van der Waals surface area (Å²) in [6, 6.07) is 13.0. The molecule has 7 nitrogen and oxygen atoms in total. The summed E-state index contributed by atoms with van der Waals surface area (Å²) in [6.45, 7) is 4.08. The summed E-state index contributed by atoms with van der Waals surface area (Å²) in [6.07, 6.45) is 1.55. The lowest BCUT2D eigenvalue weighted by molar-refractivity contribution is 0.0601. The zero-order chi connectivity index (χ0) is 18.5. The van der Waals surface area contributed by atoms with E-state index in [1.807, 2.05) is 26.0 Å². The van der Waals surface area contributed by atoms with Gasteiger partial charge in [-0.25, -0.2) is 4.79 Å². The lowest BCUT2D eigenvalue weighted by Crippen LogP contribution is -2.05. The van der Waals surface area contributed by atoms with Crippen molar-refractivity contribution in [1.29, 1.82) is 0 Å². The summed E-state index contributed by atoms with van der Waals surface area (Å²) < 4.78 is 4.73. The largest absolute Gasteiger partial charge is 0.465 e. The Labute approximate surface area is 151 Å². The summed E-state index contributed by atoms with van der Waals surface area (Å²) in [5.41, 5.74) is 4.37. The molecule has 0 fully saturated rings. The maximum Gasteiger partial charge on any atom is 0.337 e. The molecule has 0 spiro atoms. The van der Waals surface area contributed by atoms with Crippen molar-refractivity contribution in [3.05, 3.63) is 65.4 Å². The number of nitrogens with one attached hydrogen (secondary N) is 2. The number of carbonyl (C=O) groups excluding carboxylic acids is 1. The van der Waals surface area contributed by atoms with Crippen LogP contribution in [0.2, 0.25) is 0 Å². The first-order valence-corrected chi connectivity index (χ1v) is 8.04. The van der Waals surface area contributed by atoms with E-state index in [0.29, 0.717) is 23.0 Å². The van der Waals surface area contributed by atoms with Crippen molar-refractivity contribution >= 4 is 29.1 Å². The van der Waals surface area contributed by atoms with Gasteiger partial charge in [0.2, 0.25) is 5.95 Å². The van der Waals surface area contributed by atoms with Gasteiger partial charge in [0.15, 0.2) is 5.82 Å². The molecule has 1 heterocycles. The molecule has 0 amide bonds. The molecule has 26 heavy (non-hydrogen) atoms. The van der Waals surface area contributed by atoms with Crippen LogP contribution in [0.1, 0.15) is 21.5 Å². The minimum absolute atomic E-state index is 0.321. The molecule has 0 bridgehead atoms. The van der Waals surface area contributed by atoms with Crippen molar-refractivity contribution in [3.8, 4) is 0 Å². The van der Waals surface area contributed by atoms with Crippen LogP contribution in [0, 0.1) is 13.8 Å². The minimum atomic E-state index is -0.405. The van der Waals surface area contributed by atoms with Gasteiger partial charge in [0, 0.05) is 11.4 Å². The van der Waals surface area contributed by atoms with Crippen LogP contribution >= 0.6 is 0 Å². The molecule has 3 aromatic rings. The highest BCUT2D eigenvalue weighted by Gasteiger charge is 2.08. The molecule has 2 aromatic carbocycles. The predicted octanol–water partition coefficient (Wildman–Crippen LogP) is 3.76. The molecule has 2 N–H and O–H groups in total. The second kappa shape index (κ2) is 7.60. The third-order valence-electron chi connectivity index (χ3n) is 3.74. The van der Waals surface area contributed by atoms with E-state index in [0.717, 1.165) is 11.3 Å². The van der Waals surface area contributed by atoms with Crippen molar-refractivity contribution in [3.63, 3.8) is 0 Å². The zero-order valence-corrected chi connectivity index (χ0v) is 14.8. The Morgan fingerprint density at radius 2 is 1.92 bits per heavy atom. The molecule has 0 atom stereocenters. The standard InChI is InChI=1S/C19H19N5O2/c1-12-7-8-16(13(2)9-12)22-17-11-20-24-19(23-17)21-15-6-4-5-14(10-15)18(25)26-3/h4-11H,1-3H3,(H2,21,22,23,24). The van der Waals surface area contributed by atoms with Crippen LogP contribution in [0.3, 0.4) is 0 Å². The van der Waals surface area contributed by atoms with Crippen molar-refractivity contribution in [2.75, 3.05) is 17.7 Å². The number of benzene rings is 2. The van der Waals surface area contributed by atoms with E-state index >= 15 is 0 Å². The molecule has 0 radical (unpaired) electrons. The first kappa shape index (κ1) is 17.3. The van der Waals surface area contributed by atoms with Crippen LogP contribution in [0.4, 0.5) is 23.1 Å². The highest BCUT2D eigenvalue weighted by atomic mass is 16.5. The van der Waals surface area contributed by atoms with Crippen LogP contribution < -0.4 is 10.6 Å². The van der Waals surface area contributed by atoms with Gasteiger partial charge in [-0.2, -0.15) is 10.1 Å². The first-order chi connectivity index (χ1) is 12.5. The predicted molar refractivity (Wildman–Crippen MR) is 100 cm³/mol. The van der Waals surface area contributed by atoms with Crippen LogP contribution in [-0.4, -0.2) is 28.3 Å². The van der Waals surface area contributed by atoms with Crippen LogP contribution in [0.15, 0.2) is 48.7 Å². The Hall–Kier alpha value is -3.48. The topological polar surface area (TPSA) is 89.0 Å². The summed E-state index contributed by atoms with van der Waals surface area (Å²) in [7, 11) is 1.34. The Morgan fingerprint density at radius 1 is 1.08 bits per heavy atom. The first-order valence-electron chi connectivity index (χ1n) is 8.04. The van der Waals surface area contributed by atoms with Gasteiger partial charge in [-0.15, -0.1) is 5.10 Å². The quantitative estimate of drug-likeness (QED) is 0.678. The van der Waals surface area contributed by atoms with Crippen molar-refractivity contribution in [2.45, 2.75) is 13.8 Å². The number of hydrogen-bond acceptors (Lipinski definition) is 7. The summed E-state index contributed by atoms with van der Waals surface area (Å²) in [4.78, 5) is 16.0. The number of aromatic nitrogens is 3. The molecule has 0 aliphatic rings. The second-order valence-corrected chi connectivity index (χ2v) is 5.81. The van der Waals surface area contributed by atoms with Gasteiger partial charge >= 0.3 is 5.97 Å². The Kier molecular flexibility index (Phi) is 5.07. The van der Waals surface area contributed by atoms with Crippen molar-refractivity contribution in [2.24, 2.45) is 0 Å². The fourth-order valence-corrected chi connectivity index (χ4v) is 2.48. The van der Waals surface area contributed by atoms with Gasteiger partial charge in [0.25, 0.3) is 0 Å². The van der Waals surface area contributed by atoms with E-state index < -0.39 is 5.97 Å². The summed E-state index contributed by atoms with van der Waals surface area (Å²) in [5.74, 6) is 0.485. The number of methoxy groups -OCH3 is 1. The van der Waals surface area contributed by atoms with Crippen molar-refractivity contribution < 1.29 is 9.53 Å². The van der Waals surface area contributed by atoms with Crippen molar-refractivity contribution in [1.82, 2.24) is 15.2 Å². The minimum Gasteiger partial charge on any atom is -0.465 e. The average molecular weight is 349 g/mol. The summed E-state index contributed by atoms with van der Waals surface area (Å²) >= 11 is 0. The molecule has 0 saturated heterocycles. The van der Waals surface area contributed by atoms with Crippen LogP contribution in [-0.2, 0) is 4.74 Å². The number of hydrogen-bond donors (Lipinski definition) is 2. The number of nitrogens with zero attached hydrogens (tertiary/aromatic N) is 3. The number of anilines is 4.